The van der Waals surface area contributed by atoms with Crippen LogP contribution in [0.3, 0.4) is 0 Å². The van der Waals surface area contributed by atoms with Crippen molar-refractivity contribution in [1.29, 1.82) is 0 Å². The molecular weight excluding hydrogens is 350 g/mol. The molecule has 0 saturated carbocycles. The highest BCUT2D eigenvalue weighted by Gasteiger charge is 2.07. The van der Waals surface area contributed by atoms with Crippen LogP contribution in [0, 0.1) is 0 Å². The Bertz CT molecular complexity index is 1120. The normalized spacial score (nSPS) is 10.9. The molecule has 28 heavy (non-hydrogen) atoms. The van der Waals surface area contributed by atoms with Gasteiger partial charge in [0.2, 0.25) is 0 Å². The van der Waals surface area contributed by atoms with Gasteiger partial charge in [0.1, 0.15) is 5.75 Å². The second-order valence-corrected chi connectivity index (χ2v) is 6.13. The number of carbonyl (C=O) groups is 1. The van der Waals surface area contributed by atoms with Crippen LogP contribution in [0.2, 0.25) is 0 Å². The SMILES string of the molecule is O=C(Oc1ccc(C=NNc2ccc3ccccc3c2)cc1)c1cccnc1. The number of nitrogens with one attached hydrogen (secondary N) is 1. The Morgan fingerprint density at radius 3 is 2.54 bits per heavy atom. The molecule has 0 amide bonds. The van der Waals surface area contributed by atoms with Crippen molar-refractivity contribution in [2.24, 2.45) is 5.10 Å². The van der Waals surface area contributed by atoms with Crippen LogP contribution in [0.25, 0.3) is 10.8 Å². The lowest BCUT2D eigenvalue weighted by Crippen LogP contribution is -2.08. The number of hydrogen-bond donors (Lipinski definition) is 1. The van der Waals surface area contributed by atoms with Crippen molar-refractivity contribution in [3.05, 3.63) is 102 Å². The molecule has 5 heteroatoms. The zero-order chi connectivity index (χ0) is 19.2. The Labute approximate surface area is 162 Å². The number of ether oxygens (including phenoxy) is 1. The lowest BCUT2D eigenvalue weighted by Gasteiger charge is -2.04. The zero-order valence-corrected chi connectivity index (χ0v) is 14.9. The van der Waals surface area contributed by atoms with E-state index in [4.69, 9.17) is 4.74 Å². The van der Waals surface area contributed by atoms with Gasteiger partial charge in [-0.2, -0.15) is 5.10 Å². The van der Waals surface area contributed by atoms with Crippen LogP contribution < -0.4 is 10.2 Å². The third kappa shape index (κ3) is 4.22. The molecule has 0 unspecified atom stereocenters. The number of aromatic nitrogens is 1. The number of anilines is 1. The highest BCUT2D eigenvalue weighted by molar-refractivity contribution is 5.91. The molecule has 136 valence electrons. The predicted octanol–water partition coefficient (Wildman–Crippen LogP) is 4.90. The van der Waals surface area contributed by atoms with Gasteiger partial charge in [-0.25, -0.2) is 4.79 Å². The fourth-order valence-corrected chi connectivity index (χ4v) is 2.71. The van der Waals surface area contributed by atoms with Gasteiger partial charge in [0.05, 0.1) is 17.5 Å². The maximum atomic E-state index is 12.0. The molecule has 0 spiro atoms. The summed E-state index contributed by atoms with van der Waals surface area (Å²) in [6.07, 6.45) is 4.79. The van der Waals surface area contributed by atoms with Gasteiger partial charge in [0.15, 0.2) is 0 Å². The van der Waals surface area contributed by atoms with Crippen molar-refractivity contribution in [2.45, 2.75) is 0 Å². The van der Waals surface area contributed by atoms with E-state index in [0.29, 0.717) is 11.3 Å². The molecule has 0 radical (unpaired) electrons. The van der Waals surface area contributed by atoms with Gasteiger partial charge in [0, 0.05) is 12.4 Å². The van der Waals surface area contributed by atoms with Gasteiger partial charge in [-0.05, 0) is 64.9 Å². The molecule has 4 aromatic rings. The number of fused-ring (bicyclic) bond motifs is 1. The first-order valence-electron chi connectivity index (χ1n) is 8.78. The maximum absolute atomic E-state index is 12.0. The van der Waals surface area contributed by atoms with E-state index in [2.05, 4.69) is 33.7 Å². The fourth-order valence-electron chi connectivity index (χ4n) is 2.71. The number of hydrogen-bond acceptors (Lipinski definition) is 5. The van der Waals surface area contributed by atoms with Crippen LogP contribution in [0.1, 0.15) is 15.9 Å². The smallest absolute Gasteiger partial charge is 0.345 e. The minimum atomic E-state index is -0.438. The average molecular weight is 367 g/mol. The third-order valence-corrected chi connectivity index (χ3v) is 4.14. The van der Waals surface area contributed by atoms with Crippen molar-refractivity contribution in [2.75, 3.05) is 5.43 Å². The van der Waals surface area contributed by atoms with Crippen LogP contribution in [0.15, 0.2) is 96.4 Å². The summed E-state index contributed by atoms with van der Waals surface area (Å²) in [6, 6.07) is 24.7. The van der Waals surface area contributed by atoms with E-state index >= 15 is 0 Å². The summed E-state index contributed by atoms with van der Waals surface area (Å²) in [7, 11) is 0. The highest BCUT2D eigenvalue weighted by Crippen LogP contribution is 2.19. The number of benzene rings is 3. The first-order chi connectivity index (χ1) is 13.8. The minimum Gasteiger partial charge on any atom is -0.423 e. The number of esters is 1. The monoisotopic (exact) mass is 367 g/mol. The second-order valence-electron chi connectivity index (χ2n) is 6.13. The van der Waals surface area contributed by atoms with Gasteiger partial charge >= 0.3 is 5.97 Å². The molecule has 0 atom stereocenters. The molecule has 1 aromatic heterocycles. The summed E-state index contributed by atoms with van der Waals surface area (Å²) in [5.74, 6) is 0.0287. The number of rotatable bonds is 5. The molecule has 3 aromatic carbocycles. The minimum absolute atomic E-state index is 0.410. The maximum Gasteiger partial charge on any atom is 0.345 e. The summed E-state index contributed by atoms with van der Waals surface area (Å²) in [6.45, 7) is 0. The molecule has 0 bridgehead atoms. The van der Waals surface area contributed by atoms with Gasteiger partial charge in [0.25, 0.3) is 0 Å². The van der Waals surface area contributed by atoms with Crippen LogP contribution in [-0.2, 0) is 0 Å². The van der Waals surface area contributed by atoms with E-state index in [1.54, 1.807) is 36.7 Å². The zero-order valence-electron chi connectivity index (χ0n) is 14.9. The second kappa shape index (κ2) is 8.14. The summed E-state index contributed by atoms with van der Waals surface area (Å²) in [4.78, 5) is 15.9. The van der Waals surface area contributed by atoms with Crippen molar-refractivity contribution in [1.82, 2.24) is 4.98 Å². The summed E-state index contributed by atoms with van der Waals surface area (Å²) in [5, 5.41) is 6.61. The molecule has 0 aliphatic carbocycles. The molecule has 0 saturated heterocycles. The van der Waals surface area contributed by atoms with E-state index in [1.807, 2.05) is 36.4 Å². The molecule has 0 fully saturated rings. The van der Waals surface area contributed by atoms with E-state index < -0.39 is 5.97 Å². The first kappa shape index (κ1) is 17.4. The lowest BCUT2D eigenvalue weighted by atomic mass is 10.1. The van der Waals surface area contributed by atoms with E-state index in [-0.39, 0.29) is 0 Å². The van der Waals surface area contributed by atoms with Crippen molar-refractivity contribution in [3.8, 4) is 5.75 Å². The number of hydrazone groups is 1. The molecular formula is C23H17N3O2. The van der Waals surface area contributed by atoms with Crippen molar-refractivity contribution in [3.63, 3.8) is 0 Å². The summed E-state index contributed by atoms with van der Waals surface area (Å²) < 4.78 is 5.33. The number of carbonyl (C=O) groups excluding carboxylic acids is 1. The van der Waals surface area contributed by atoms with Gasteiger partial charge < -0.3 is 4.74 Å². The van der Waals surface area contributed by atoms with Crippen molar-refractivity contribution < 1.29 is 9.53 Å². The first-order valence-corrected chi connectivity index (χ1v) is 8.78. The Hall–Kier alpha value is -3.99. The average Bonchev–Trinajstić information content (AvgIpc) is 2.75. The fraction of sp³-hybridized carbons (Fsp3) is 0. The molecule has 0 aliphatic heterocycles. The van der Waals surface area contributed by atoms with Gasteiger partial charge in [-0.1, -0.05) is 30.3 Å². The molecule has 5 nitrogen and oxygen atoms in total. The Morgan fingerprint density at radius 2 is 1.75 bits per heavy atom. The lowest BCUT2D eigenvalue weighted by molar-refractivity contribution is 0.0734. The van der Waals surface area contributed by atoms with Crippen LogP contribution in [-0.4, -0.2) is 17.2 Å². The van der Waals surface area contributed by atoms with Crippen molar-refractivity contribution >= 4 is 28.6 Å². The van der Waals surface area contributed by atoms with E-state index in [1.165, 1.54) is 11.6 Å². The Balaban J connectivity index is 1.37. The van der Waals surface area contributed by atoms with Crippen LogP contribution >= 0.6 is 0 Å². The Morgan fingerprint density at radius 1 is 0.929 bits per heavy atom. The summed E-state index contributed by atoms with van der Waals surface area (Å²) >= 11 is 0. The van der Waals surface area contributed by atoms with Crippen LogP contribution in [0.4, 0.5) is 5.69 Å². The standard InChI is InChI=1S/C23H17N3O2/c27-23(20-6-3-13-24-16-20)28-22-11-7-17(8-12-22)15-25-26-21-10-9-18-4-1-2-5-19(18)14-21/h1-16,26H. The highest BCUT2D eigenvalue weighted by atomic mass is 16.5. The van der Waals surface area contributed by atoms with Crippen LogP contribution in [0.5, 0.6) is 5.75 Å². The Kier molecular flexibility index (Phi) is 5.06. The molecule has 0 aliphatic rings. The topological polar surface area (TPSA) is 63.6 Å². The molecule has 1 N–H and O–H groups in total. The number of nitrogens with zero attached hydrogens (tertiary/aromatic N) is 2. The molecule has 1 heterocycles. The predicted molar refractivity (Wildman–Crippen MR) is 111 cm³/mol. The quantitative estimate of drug-likeness (QED) is 0.236. The van der Waals surface area contributed by atoms with E-state index in [0.717, 1.165) is 16.6 Å². The third-order valence-electron chi connectivity index (χ3n) is 4.14. The summed E-state index contributed by atoms with van der Waals surface area (Å²) in [5.41, 5.74) is 5.24. The largest absolute Gasteiger partial charge is 0.423 e. The molecule has 4 rings (SSSR count). The van der Waals surface area contributed by atoms with E-state index in [9.17, 15) is 4.79 Å². The van der Waals surface area contributed by atoms with Gasteiger partial charge in [-0.3, -0.25) is 10.4 Å². The van der Waals surface area contributed by atoms with Gasteiger partial charge in [-0.15, -0.1) is 0 Å². The number of pyridine rings is 1.